The van der Waals surface area contributed by atoms with Crippen molar-refractivity contribution >= 4 is 17.1 Å². The summed E-state index contributed by atoms with van der Waals surface area (Å²) >= 11 is 0. The fourth-order valence-electron chi connectivity index (χ4n) is 3.73. The van der Waals surface area contributed by atoms with Gasteiger partial charge in [-0.05, 0) is 56.0 Å². The molecular formula is C22H22N6O. The van der Waals surface area contributed by atoms with Gasteiger partial charge in [-0.2, -0.15) is 5.26 Å². The predicted molar refractivity (Wildman–Crippen MR) is 111 cm³/mol. The molecule has 4 rings (SSSR count). The Bertz CT molecular complexity index is 1140. The first-order chi connectivity index (χ1) is 14.0. The van der Waals surface area contributed by atoms with Crippen molar-refractivity contribution in [2.75, 3.05) is 11.1 Å². The van der Waals surface area contributed by atoms with Crippen molar-refractivity contribution in [1.29, 1.82) is 10.7 Å². The molecule has 1 atom stereocenters. The number of benzene rings is 1. The molecule has 7 nitrogen and oxygen atoms in total. The van der Waals surface area contributed by atoms with E-state index in [1.807, 2.05) is 25.1 Å². The van der Waals surface area contributed by atoms with Gasteiger partial charge in [0.2, 0.25) is 0 Å². The lowest BCUT2D eigenvalue weighted by Gasteiger charge is -2.27. The third-order valence-electron chi connectivity index (χ3n) is 5.25. The maximum Gasteiger partial charge on any atom is 0.191 e. The smallest absolute Gasteiger partial charge is 0.191 e. The highest BCUT2D eigenvalue weighted by molar-refractivity contribution is 6.12. The van der Waals surface area contributed by atoms with Crippen LogP contribution in [0.4, 0.5) is 11.4 Å². The van der Waals surface area contributed by atoms with E-state index >= 15 is 0 Å². The summed E-state index contributed by atoms with van der Waals surface area (Å²) in [5, 5.41) is 21.3. The van der Waals surface area contributed by atoms with Crippen LogP contribution in [-0.2, 0) is 6.42 Å². The second-order valence-corrected chi connectivity index (χ2v) is 7.29. The summed E-state index contributed by atoms with van der Waals surface area (Å²) in [5.74, 6) is 0.894. The zero-order valence-electron chi connectivity index (χ0n) is 16.4. The number of oxazole rings is 1. The molecule has 29 heavy (non-hydrogen) atoms. The van der Waals surface area contributed by atoms with Gasteiger partial charge < -0.3 is 15.5 Å². The maximum absolute atomic E-state index is 9.28. The van der Waals surface area contributed by atoms with Gasteiger partial charge in [-0.3, -0.25) is 10.4 Å². The number of aromatic nitrogens is 2. The van der Waals surface area contributed by atoms with Gasteiger partial charge in [0.1, 0.15) is 11.8 Å². The molecule has 3 aromatic rings. The third-order valence-corrected chi connectivity index (χ3v) is 5.25. The number of aryl methyl sites for hydroxylation is 3. The minimum absolute atomic E-state index is 0.0448. The number of hydrogen-bond acceptors (Lipinski definition) is 7. The zero-order chi connectivity index (χ0) is 20.5. The second kappa shape index (κ2) is 7.40. The fraction of sp³-hybridized carbons (Fsp3) is 0.273. The first-order valence-corrected chi connectivity index (χ1v) is 9.54. The topological polar surface area (TPSA) is 125 Å². The van der Waals surface area contributed by atoms with Gasteiger partial charge in [0.15, 0.2) is 11.7 Å². The number of anilines is 2. The molecule has 0 bridgehead atoms. The molecule has 0 aliphatic heterocycles. The minimum Gasteiger partial charge on any atom is -0.439 e. The van der Waals surface area contributed by atoms with Gasteiger partial charge in [-0.25, -0.2) is 4.98 Å². The van der Waals surface area contributed by atoms with Gasteiger partial charge in [0.05, 0.1) is 29.2 Å². The monoisotopic (exact) mass is 386 g/mol. The van der Waals surface area contributed by atoms with E-state index in [0.29, 0.717) is 28.5 Å². The van der Waals surface area contributed by atoms with E-state index in [2.05, 4.69) is 16.4 Å². The van der Waals surface area contributed by atoms with Gasteiger partial charge >= 0.3 is 0 Å². The van der Waals surface area contributed by atoms with Crippen molar-refractivity contribution < 1.29 is 4.42 Å². The van der Waals surface area contributed by atoms with Crippen molar-refractivity contribution in [2.24, 2.45) is 0 Å². The van der Waals surface area contributed by atoms with E-state index in [4.69, 9.17) is 20.5 Å². The molecule has 1 aliphatic carbocycles. The summed E-state index contributed by atoms with van der Waals surface area (Å²) in [4.78, 5) is 8.77. The third kappa shape index (κ3) is 3.57. The summed E-state index contributed by atoms with van der Waals surface area (Å²) in [6, 6.07) is 9.78. The lowest BCUT2D eigenvalue weighted by atomic mass is 9.90. The van der Waals surface area contributed by atoms with Crippen molar-refractivity contribution in [3.8, 4) is 6.07 Å². The van der Waals surface area contributed by atoms with Crippen LogP contribution in [0, 0.1) is 30.6 Å². The number of nitrogen functional groups attached to an aromatic ring is 1. The molecule has 0 unspecified atom stereocenters. The maximum atomic E-state index is 9.28. The summed E-state index contributed by atoms with van der Waals surface area (Å²) in [7, 11) is 0. The molecule has 2 aromatic heterocycles. The van der Waals surface area contributed by atoms with Crippen LogP contribution in [0.3, 0.4) is 0 Å². The molecule has 0 spiro atoms. The van der Waals surface area contributed by atoms with Crippen LogP contribution in [0.25, 0.3) is 0 Å². The highest BCUT2D eigenvalue weighted by atomic mass is 16.4. The van der Waals surface area contributed by atoms with Gasteiger partial charge in [-0.1, -0.05) is 0 Å². The number of fused-ring (bicyclic) bond motifs is 1. The SMILES string of the molecule is Cc1ncc(C(=N)c2cc(N[C@@H]3CCCc4cc(C#N)c(C)nc43)ccc2N)o1. The van der Waals surface area contributed by atoms with E-state index < -0.39 is 0 Å². The number of hydrogen-bond donors (Lipinski definition) is 3. The Labute approximate surface area is 169 Å². The van der Waals surface area contributed by atoms with Crippen molar-refractivity contribution in [3.05, 3.63) is 70.2 Å². The minimum atomic E-state index is 0.0448. The van der Waals surface area contributed by atoms with E-state index in [1.54, 1.807) is 13.0 Å². The van der Waals surface area contributed by atoms with Crippen LogP contribution in [0.15, 0.2) is 34.9 Å². The molecule has 0 amide bonds. The fourth-order valence-corrected chi connectivity index (χ4v) is 3.73. The lowest BCUT2D eigenvalue weighted by molar-refractivity contribution is 0.513. The summed E-state index contributed by atoms with van der Waals surface area (Å²) in [5.41, 5.74) is 11.8. The summed E-state index contributed by atoms with van der Waals surface area (Å²) < 4.78 is 5.48. The Morgan fingerprint density at radius 3 is 2.90 bits per heavy atom. The molecule has 7 heteroatoms. The van der Waals surface area contributed by atoms with Crippen molar-refractivity contribution in [2.45, 2.75) is 39.2 Å². The standard InChI is InChI=1S/C22H22N6O/c1-12-15(10-23)8-14-4-3-5-19(22(14)27-12)28-16-6-7-18(24)17(9-16)21(25)20-11-26-13(2)29-20/h6-9,11,19,25,28H,3-5,24H2,1-2H3/t19-/m1/s1. The zero-order valence-corrected chi connectivity index (χ0v) is 16.4. The average Bonchev–Trinajstić information content (AvgIpc) is 3.15. The number of pyridine rings is 1. The first kappa shape index (κ1) is 18.7. The van der Waals surface area contributed by atoms with Gasteiger partial charge in [0, 0.05) is 23.9 Å². The van der Waals surface area contributed by atoms with Crippen LogP contribution in [0.5, 0.6) is 0 Å². The average molecular weight is 386 g/mol. The van der Waals surface area contributed by atoms with Gasteiger partial charge in [-0.15, -0.1) is 0 Å². The van der Waals surface area contributed by atoms with Crippen LogP contribution in [-0.4, -0.2) is 15.7 Å². The predicted octanol–water partition coefficient (Wildman–Crippen LogP) is 4.05. The molecule has 0 radical (unpaired) electrons. The Hall–Kier alpha value is -3.66. The van der Waals surface area contributed by atoms with Crippen molar-refractivity contribution in [1.82, 2.24) is 9.97 Å². The highest BCUT2D eigenvalue weighted by Crippen LogP contribution is 2.33. The van der Waals surface area contributed by atoms with E-state index in [0.717, 1.165) is 41.9 Å². The Balaban J connectivity index is 1.64. The number of nitriles is 1. The first-order valence-electron chi connectivity index (χ1n) is 9.54. The van der Waals surface area contributed by atoms with Crippen LogP contribution >= 0.6 is 0 Å². The van der Waals surface area contributed by atoms with Gasteiger partial charge in [0.25, 0.3) is 0 Å². The summed E-state index contributed by atoms with van der Waals surface area (Å²) in [6.07, 6.45) is 4.44. The number of nitrogens with one attached hydrogen (secondary N) is 2. The quantitative estimate of drug-likeness (QED) is 0.459. The molecule has 2 heterocycles. The highest BCUT2D eigenvalue weighted by Gasteiger charge is 2.23. The van der Waals surface area contributed by atoms with Crippen LogP contribution in [0.1, 0.15) is 58.6 Å². The molecule has 0 saturated heterocycles. The molecule has 0 saturated carbocycles. The van der Waals surface area contributed by atoms with E-state index in [1.165, 1.54) is 6.20 Å². The molecule has 1 aromatic carbocycles. The lowest BCUT2D eigenvalue weighted by Crippen LogP contribution is -2.20. The van der Waals surface area contributed by atoms with E-state index in [-0.39, 0.29) is 11.8 Å². The molecule has 146 valence electrons. The van der Waals surface area contributed by atoms with E-state index in [9.17, 15) is 5.26 Å². The summed E-state index contributed by atoms with van der Waals surface area (Å²) in [6.45, 7) is 3.61. The number of nitrogens with zero attached hydrogens (tertiary/aromatic N) is 3. The molecule has 0 fully saturated rings. The second-order valence-electron chi connectivity index (χ2n) is 7.29. The normalized spacial score (nSPS) is 15.4. The van der Waals surface area contributed by atoms with Crippen molar-refractivity contribution in [3.63, 3.8) is 0 Å². The largest absolute Gasteiger partial charge is 0.439 e. The molecule has 4 N–H and O–H groups in total. The Morgan fingerprint density at radius 2 is 2.17 bits per heavy atom. The van der Waals surface area contributed by atoms with Crippen LogP contribution < -0.4 is 11.1 Å². The van der Waals surface area contributed by atoms with Crippen LogP contribution in [0.2, 0.25) is 0 Å². The molecule has 1 aliphatic rings. The number of rotatable bonds is 4. The number of nitrogens with two attached hydrogens (primary N) is 1. The Kier molecular flexibility index (Phi) is 4.77. The molecular weight excluding hydrogens is 364 g/mol. The Morgan fingerprint density at radius 1 is 1.34 bits per heavy atom.